The Bertz CT molecular complexity index is 1020. The van der Waals surface area contributed by atoms with Gasteiger partial charge in [0.2, 0.25) is 0 Å². The van der Waals surface area contributed by atoms with Crippen LogP contribution in [-0.2, 0) is 11.0 Å². The minimum Gasteiger partial charge on any atom is -0.324 e. The zero-order valence-corrected chi connectivity index (χ0v) is 17.6. The fraction of sp³-hybridized carbons (Fsp3) is 0.286. The van der Waals surface area contributed by atoms with Crippen molar-refractivity contribution < 1.29 is 22.8 Å². The number of hydrogen-bond donors (Lipinski definition) is 2. The summed E-state index contributed by atoms with van der Waals surface area (Å²) in [5.41, 5.74) is 2.76. The number of rotatable bonds is 2. The van der Waals surface area contributed by atoms with Crippen molar-refractivity contribution in [1.29, 1.82) is 0 Å². The molecule has 1 spiro atoms. The minimum absolute atomic E-state index is 0.0561. The van der Waals surface area contributed by atoms with Gasteiger partial charge in [0.1, 0.15) is 5.60 Å². The van der Waals surface area contributed by atoms with Crippen LogP contribution in [0.1, 0.15) is 24.0 Å². The summed E-state index contributed by atoms with van der Waals surface area (Å²) >= 11 is 11.6. The minimum atomic E-state index is -4.63. The quantitative estimate of drug-likeness (QED) is 0.568. The molecule has 1 fully saturated rings. The van der Waals surface area contributed by atoms with E-state index in [1.807, 2.05) is 18.2 Å². The largest absolute Gasteiger partial charge is 0.418 e. The molecule has 5 nitrogen and oxygen atoms in total. The predicted octanol–water partition coefficient (Wildman–Crippen LogP) is 5.95. The van der Waals surface area contributed by atoms with Gasteiger partial charge in [0, 0.05) is 36.0 Å². The van der Waals surface area contributed by atoms with Crippen LogP contribution in [0, 0.1) is 0 Å². The zero-order chi connectivity index (χ0) is 22.2. The van der Waals surface area contributed by atoms with Gasteiger partial charge in [0.15, 0.2) is 0 Å². The maximum absolute atomic E-state index is 13.3. The molecule has 1 saturated heterocycles. The van der Waals surface area contributed by atoms with E-state index in [0.29, 0.717) is 31.0 Å². The summed E-state index contributed by atoms with van der Waals surface area (Å²) in [6, 6.07) is 9.96. The van der Waals surface area contributed by atoms with Crippen molar-refractivity contribution in [2.75, 3.05) is 18.4 Å². The third-order valence-corrected chi connectivity index (χ3v) is 5.84. The lowest BCUT2D eigenvalue weighted by Crippen LogP contribution is -2.48. The van der Waals surface area contributed by atoms with Crippen molar-refractivity contribution in [2.24, 2.45) is 0 Å². The third kappa shape index (κ3) is 4.76. The molecule has 10 heteroatoms. The molecule has 2 aliphatic rings. The van der Waals surface area contributed by atoms with E-state index in [1.165, 1.54) is 11.0 Å². The first kappa shape index (κ1) is 21.8. The molecule has 0 bridgehead atoms. The van der Waals surface area contributed by atoms with E-state index in [9.17, 15) is 18.0 Å². The Balaban J connectivity index is 1.42. The van der Waals surface area contributed by atoms with Crippen molar-refractivity contribution >= 4 is 40.6 Å². The van der Waals surface area contributed by atoms with Crippen LogP contribution in [0.3, 0.4) is 0 Å². The molecule has 2 aromatic rings. The number of piperidine rings is 1. The molecule has 2 amide bonds. The molecule has 2 N–H and O–H groups in total. The Morgan fingerprint density at radius 1 is 1.06 bits per heavy atom. The second-order valence-electron chi connectivity index (χ2n) is 7.44. The number of anilines is 1. The number of carbonyl (C=O) groups excluding carboxylic acids is 1. The molecule has 2 aliphatic heterocycles. The van der Waals surface area contributed by atoms with Gasteiger partial charge < -0.3 is 10.2 Å². The Morgan fingerprint density at radius 3 is 2.35 bits per heavy atom. The Labute approximate surface area is 186 Å². The first-order valence-electron chi connectivity index (χ1n) is 9.51. The number of likely N-dealkylation sites (tertiary alicyclic amines) is 1. The van der Waals surface area contributed by atoms with Gasteiger partial charge in [-0.1, -0.05) is 35.3 Å². The molecule has 0 atom stereocenters. The molecular formula is C21H18Cl2F3N3O2. The number of nitrogens with one attached hydrogen (secondary N) is 2. The number of carbonyl (C=O) groups is 1. The Morgan fingerprint density at radius 2 is 1.71 bits per heavy atom. The lowest BCUT2D eigenvalue weighted by Gasteiger charge is -2.36. The van der Waals surface area contributed by atoms with E-state index in [0.717, 1.165) is 23.4 Å². The van der Waals surface area contributed by atoms with Crippen molar-refractivity contribution in [3.8, 4) is 0 Å². The number of urea groups is 1. The second kappa shape index (κ2) is 8.26. The lowest BCUT2D eigenvalue weighted by atomic mass is 9.90. The van der Waals surface area contributed by atoms with Gasteiger partial charge in [-0.15, -0.1) is 0 Å². The zero-order valence-electron chi connectivity index (χ0n) is 16.1. The van der Waals surface area contributed by atoms with Crippen LogP contribution in [0.15, 0.2) is 48.5 Å². The van der Waals surface area contributed by atoms with Crippen LogP contribution in [0.4, 0.5) is 23.7 Å². The van der Waals surface area contributed by atoms with Crippen LogP contribution in [-0.4, -0.2) is 29.6 Å². The van der Waals surface area contributed by atoms with Crippen LogP contribution in [0.2, 0.25) is 10.0 Å². The summed E-state index contributed by atoms with van der Waals surface area (Å²) in [5.74, 6) is 0. The molecule has 2 heterocycles. The van der Waals surface area contributed by atoms with Crippen molar-refractivity contribution in [3.63, 3.8) is 0 Å². The van der Waals surface area contributed by atoms with Crippen molar-refractivity contribution in [1.82, 2.24) is 10.4 Å². The van der Waals surface area contributed by atoms with Gasteiger partial charge in [-0.2, -0.15) is 13.2 Å². The van der Waals surface area contributed by atoms with E-state index in [2.05, 4.69) is 10.8 Å². The number of hydroxylamine groups is 1. The first-order valence-corrected chi connectivity index (χ1v) is 10.3. The van der Waals surface area contributed by atoms with Gasteiger partial charge >= 0.3 is 12.2 Å². The SMILES string of the molecule is O=C(Nc1ccc(Cl)cc1C(F)(F)F)N1CCC2(C=C(c3ccc(Cl)cc3)NO2)CC1. The maximum Gasteiger partial charge on any atom is 0.418 e. The molecule has 0 aromatic heterocycles. The van der Waals surface area contributed by atoms with Crippen LogP contribution < -0.4 is 10.8 Å². The average molecular weight is 472 g/mol. The molecule has 2 aromatic carbocycles. The summed E-state index contributed by atoms with van der Waals surface area (Å²) in [5, 5.41) is 2.93. The van der Waals surface area contributed by atoms with E-state index in [1.54, 1.807) is 12.1 Å². The summed E-state index contributed by atoms with van der Waals surface area (Å²) < 4.78 is 39.8. The molecule has 0 saturated carbocycles. The van der Waals surface area contributed by atoms with Crippen LogP contribution in [0.5, 0.6) is 0 Å². The van der Waals surface area contributed by atoms with Gasteiger partial charge in [-0.25, -0.2) is 4.79 Å². The number of halogens is 5. The second-order valence-corrected chi connectivity index (χ2v) is 8.31. The molecule has 31 heavy (non-hydrogen) atoms. The topological polar surface area (TPSA) is 53.6 Å². The number of amides is 2. The lowest BCUT2D eigenvalue weighted by molar-refractivity contribution is -0.136. The monoisotopic (exact) mass is 471 g/mol. The number of hydrogen-bond acceptors (Lipinski definition) is 3. The van der Waals surface area contributed by atoms with E-state index >= 15 is 0 Å². The molecule has 164 valence electrons. The van der Waals surface area contributed by atoms with Gasteiger partial charge in [0.25, 0.3) is 0 Å². The summed E-state index contributed by atoms with van der Waals surface area (Å²) in [6.07, 6.45) is -1.66. The fourth-order valence-corrected chi connectivity index (χ4v) is 3.94. The number of benzene rings is 2. The van der Waals surface area contributed by atoms with Crippen LogP contribution in [0.25, 0.3) is 5.70 Å². The predicted molar refractivity (Wildman–Crippen MR) is 113 cm³/mol. The summed E-state index contributed by atoms with van der Waals surface area (Å²) in [4.78, 5) is 19.9. The average Bonchev–Trinajstić information content (AvgIpc) is 3.13. The Kier molecular flexibility index (Phi) is 5.81. The fourth-order valence-electron chi connectivity index (χ4n) is 3.64. The highest BCUT2D eigenvalue weighted by molar-refractivity contribution is 6.31. The van der Waals surface area contributed by atoms with E-state index in [4.69, 9.17) is 28.0 Å². The van der Waals surface area contributed by atoms with Crippen LogP contribution >= 0.6 is 23.2 Å². The first-order chi connectivity index (χ1) is 14.7. The standard InChI is InChI=1S/C21H18Cl2F3N3O2/c22-14-3-1-13(2-4-14)18-12-20(31-28-18)7-9-29(10-8-20)19(30)27-17-6-5-15(23)11-16(17)21(24,25)26/h1-6,11-12,28H,7-10H2,(H,27,30). The molecular weight excluding hydrogens is 454 g/mol. The molecule has 0 aliphatic carbocycles. The summed E-state index contributed by atoms with van der Waals surface area (Å²) in [7, 11) is 0. The molecule has 0 radical (unpaired) electrons. The smallest absolute Gasteiger partial charge is 0.324 e. The van der Waals surface area contributed by atoms with Gasteiger partial charge in [0.05, 0.1) is 16.9 Å². The summed E-state index contributed by atoms with van der Waals surface area (Å²) in [6.45, 7) is 0.652. The number of alkyl halides is 3. The number of nitrogens with zero attached hydrogens (tertiary/aromatic N) is 1. The highest BCUT2D eigenvalue weighted by Gasteiger charge is 2.40. The highest BCUT2D eigenvalue weighted by atomic mass is 35.5. The normalized spacial score (nSPS) is 18.0. The van der Waals surface area contributed by atoms with Crippen molar-refractivity contribution in [3.05, 3.63) is 69.7 Å². The van der Waals surface area contributed by atoms with E-state index < -0.39 is 23.4 Å². The maximum atomic E-state index is 13.3. The van der Waals surface area contributed by atoms with Gasteiger partial charge in [-0.05, 0) is 42.0 Å². The van der Waals surface area contributed by atoms with Crippen molar-refractivity contribution in [2.45, 2.75) is 24.6 Å². The Hall–Kier alpha value is -2.42. The highest BCUT2D eigenvalue weighted by Crippen LogP contribution is 2.38. The third-order valence-electron chi connectivity index (χ3n) is 5.35. The van der Waals surface area contributed by atoms with E-state index in [-0.39, 0.29) is 10.7 Å². The van der Waals surface area contributed by atoms with Gasteiger partial charge in [-0.3, -0.25) is 10.3 Å². The molecule has 4 rings (SSSR count). The molecule has 0 unspecified atom stereocenters.